The van der Waals surface area contributed by atoms with Crippen molar-refractivity contribution in [3.8, 4) is 0 Å². The number of amides is 1. The van der Waals surface area contributed by atoms with Crippen molar-refractivity contribution in [1.29, 1.82) is 0 Å². The minimum Gasteiger partial charge on any atom is -0.326 e. The normalized spacial score (nSPS) is 12.3. The summed E-state index contributed by atoms with van der Waals surface area (Å²) in [7, 11) is 0. The first-order chi connectivity index (χ1) is 10.4. The fourth-order valence-electron chi connectivity index (χ4n) is 2.45. The van der Waals surface area contributed by atoms with Gasteiger partial charge in [0.1, 0.15) is 0 Å². The van der Waals surface area contributed by atoms with Gasteiger partial charge in [-0.2, -0.15) is 0 Å². The fraction of sp³-hybridized carbons (Fsp3) is 0.278. The summed E-state index contributed by atoms with van der Waals surface area (Å²) in [4.78, 5) is 12.7. The third kappa shape index (κ3) is 4.11. The molecule has 116 valence electrons. The highest BCUT2D eigenvalue weighted by molar-refractivity contribution is 9.10. The summed E-state index contributed by atoms with van der Waals surface area (Å²) in [5.41, 5.74) is 2.88. The minimum atomic E-state index is -0.207. The van der Waals surface area contributed by atoms with Crippen LogP contribution in [0.5, 0.6) is 0 Å². The highest BCUT2D eigenvalue weighted by atomic mass is 79.9. The standard InChI is InChI=1S/C18H19BrClNO/c1-11(2)17(13-4-6-14(20)7-5-13)18(22)21-15-8-9-16(19)12(3)10-15/h4-11,17H,1-3H3,(H,21,22). The van der Waals surface area contributed by atoms with Crippen molar-refractivity contribution in [3.05, 3.63) is 63.1 Å². The Bertz CT molecular complexity index is 667. The topological polar surface area (TPSA) is 29.1 Å². The summed E-state index contributed by atoms with van der Waals surface area (Å²) in [6.07, 6.45) is 0. The summed E-state index contributed by atoms with van der Waals surface area (Å²) >= 11 is 9.40. The van der Waals surface area contributed by atoms with Crippen molar-refractivity contribution in [1.82, 2.24) is 0 Å². The zero-order valence-electron chi connectivity index (χ0n) is 12.9. The molecule has 2 aromatic rings. The Morgan fingerprint density at radius 1 is 1.14 bits per heavy atom. The van der Waals surface area contributed by atoms with Crippen LogP contribution in [0.1, 0.15) is 30.9 Å². The number of hydrogen-bond acceptors (Lipinski definition) is 1. The molecule has 0 fully saturated rings. The molecule has 0 saturated carbocycles. The lowest BCUT2D eigenvalue weighted by molar-refractivity contribution is -0.118. The van der Waals surface area contributed by atoms with Crippen LogP contribution >= 0.6 is 27.5 Å². The van der Waals surface area contributed by atoms with Gasteiger partial charge in [0, 0.05) is 15.2 Å². The van der Waals surface area contributed by atoms with Crippen LogP contribution in [0, 0.1) is 12.8 Å². The van der Waals surface area contributed by atoms with Crippen molar-refractivity contribution >= 4 is 39.1 Å². The molecule has 0 aliphatic carbocycles. The van der Waals surface area contributed by atoms with E-state index < -0.39 is 0 Å². The van der Waals surface area contributed by atoms with Gasteiger partial charge in [0.25, 0.3) is 0 Å². The number of carbonyl (C=O) groups is 1. The maximum atomic E-state index is 12.7. The van der Waals surface area contributed by atoms with E-state index in [4.69, 9.17) is 11.6 Å². The third-order valence-electron chi connectivity index (χ3n) is 3.60. The van der Waals surface area contributed by atoms with Crippen molar-refractivity contribution in [2.24, 2.45) is 5.92 Å². The van der Waals surface area contributed by atoms with Gasteiger partial charge in [0.05, 0.1) is 5.92 Å². The molecule has 2 aromatic carbocycles. The van der Waals surface area contributed by atoms with E-state index in [0.29, 0.717) is 5.02 Å². The van der Waals surface area contributed by atoms with E-state index in [9.17, 15) is 4.79 Å². The first-order valence-corrected chi connectivity index (χ1v) is 8.38. The number of aryl methyl sites for hydroxylation is 1. The molecular formula is C18H19BrClNO. The lowest BCUT2D eigenvalue weighted by Gasteiger charge is -2.21. The van der Waals surface area contributed by atoms with E-state index >= 15 is 0 Å². The number of nitrogens with one attached hydrogen (secondary N) is 1. The molecule has 0 saturated heterocycles. The highest BCUT2D eigenvalue weighted by Crippen LogP contribution is 2.28. The van der Waals surface area contributed by atoms with Gasteiger partial charge in [-0.3, -0.25) is 4.79 Å². The average molecular weight is 381 g/mol. The number of hydrogen-bond donors (Lipinski definition) is 1. The molecule has 0 spiro atoms. The van der Waals surface area contributed by atoms with E-state index in [0.717, 1.165) is 21.3 Å². The third-order valence-corrected chi connectivity index (χ3v) is 4.75. The zero-order valence-corrected chi connectivity index (χ0v) is 15.2. The molecular weight excluding hydrogens is 362 g/mol. The predicted octanol–water partition coefficient (Wildman–Crippen LogP) is 5.79. The second kappa shape index (κ2) is 7.30. The Morgan fingerprint density at radius 3 is 2.32 bits per heavy atom. The van der Waals surface area contributed by atoms with E-state index in [-0.39, 0.29) is 17.7 Å². The summed E-state index contributed by atoms with van der Waals surface area (Å²) in [6, 6.07) is 13.3. The van der Waals surface area contributed by atoms with Crippen LogP contribution in [-0.2, 0) is 4.79 Å². The lowest BCUT2D eigenvalue weighted by atomic mass is 9.87. The first-order valence-electron chi connectivity index (χ1n) is 7.21. The largest absolute Gasteiger partial charge is 0.326 e. The molecule has 0 aromatic heterocycles. The Labute approximate surface area is 145 Å². The van der Waals surface area contributed by atoms with Crippen molar-refractivity contribution in [2.45, 2.75) is 26.7 Å². The van der Waals surface area contributed by atoms with Gasteiger partial charge in [-0.1, -0.05) is 53.5 Å². The van der Waals surface area contributed by atoms with Gasteiger partial charge in [-0.25, -0.2) is 0 Å². The van der Waals surface area contributed by atoms with E-state index in [1.54, 1.807) is 0 Å². The van der Waals surface area contributed by atoms with Gasteiger partial charge in [0.15, 0.2) is 0 Å². The Hall–Kier alpha value is -1.32. The number of rotatable bonds is 4. The molecule has 0 aliphatic rings. The summed E-state index contributed by atoms with van der Waals surface area (Å²) in [5.74, 6) is -0.0158. The summed E-state index contributed by atoms with van der Waals surface area (Å²) < 4.78 is 1.03. The number of carbonyl (C=O) groups excluding carboxylic acids is 1. The Morgan fingerprint density at radius 2 is 1.77 bits per heavy atom. The van der Waals surface area contributed by atoms with Crippen LogP contribution in [0.25, 0.3) is 0 Å². The van der Waals surface area contributed by atoms with E-state index in [1.165, 1.54) is 0 Å². The maximum absolute atomic E-state index is 12.7. The van der Waals surface area contributed by atoms with Crippen molar-refractivity contribution in [3.63, 3.8) is 0 Å². The second-order valence-electron chi connectivity index (χ2n) is 5.73. The molecule has 1 amide bonds. The molecule has 22 heavy (non-hydrogen) atoms. The van der Waals surface area contributed by atoms with Gasteiger partial charge < -0.3 is 5.32 Å². The number of anilines is 1. The molecule has 0 heterocycles. The SMILES string of the molecule is Cc1cc(NC(=O)C(c2ccc(Cl)cc2)C(C)C)ccc1Br. The maximum Gasteiger partial charge on any atom is 0.232 e. The van der Waals surface area contributed by atoms with Crippen molar-refractivity contribution in [2.75, 3.05) is 5.32 Å². The van der Waals surface area contributed by atoms with Gasteiger partial charge in [-0.05, 0) is 54.3 Å². The van der Waals surface area contributed by atoms with Crippen LogP contribution in [0.4, 0.5) is 5.69 Å². The predicted molar refractivity (Wildman–Crippen MR) is 96.5 cm³/mol. The smallest absolute Gasteiger partial charge is 0.232 e. The van der Waals surface area contributed by atoms with E-state index in [1.807, 2.05) is 63.2 Å². The molecule has 0 radical (unpaired) electrons. The molecule has 1 unspecified atom stereocenters. The van der Waals surface area contributed by atoms with Crippen molar-refractivity contribution < 1.29 is 4.79 Å². The molecule has 0 bridgehead atoms. The minimum absolute atomic E-state index is 0.000884. The molecule has 1 atom stereocenters. The van der Waals surface area contributed by atoms with Gasteiger partial charge in [0.2, 0.25) is 5.91 Å². The lowest BCUT2D eigenvalue weighted by Crippen LogP contribution is -2.25. The number of benzene rings is 2. The zero-order chi connectivity index (χ0) is 16.3. The molecule has 2 nitrogen and oxygen atoms in total. The highest BCUT2D eigenvalue weighted by Gasteiger charge is 2.24. The summed E-state index contributed by atoms with van der Waals surface area (Å²) in [5, 5.41) is 3.69. The summed E-state index contributed by atoms with van der Waals surface area (Å²) in [6.45, 7) is 6.09. The Balaban J connectivity index is 2.23. The van der Waals surface area contributed by atoms with Gasteiger partial charge >= 0.3 is 0 Å². The van der Waals surface area contributed by atoms with Crippen LogP contribution in [0.2, 0.25) is 5.02 Å². The molecule has 0 aliphatic heterocycles. The molecule has 2 rings (SSSR count). The fourth-order valence-corrected chi connectivity index (χ4v) is 2.82. The molecule has 1 N–H and O–H groups in total. The van der Waals surface area contributed by atoms with Gasteiger partial charge in [-0.15, -0.1) is 0 Å². The quantitative estimate of drug-likeness (QED) is 0.714. The van der Waals surface area contributed by atoms with Crippen LogP contribution in [-0.4, -0.2) is 5.91 Å². The monoisotopic (exact) mass is 379 g/mol. The van der Waals surface area contributed by atoms with Crippen LogP contribution in [0.3, 0.4) is 0 Å². The first kappa shape index (κ1) is 17.0. The van der Waals surface area contributed by atoms with Crippen LogP contribution in [0.15, 0.2) is 46.9 Å². The molecule has 4 heteroatoms. The Kier molecular flexibility index (Phi) is 5.65. The number of halogens is 2. The average Bonchev–Trinajstić information content (AvgIpc) is 2.45. The van der Waals surface area contributed by atoms with E-state index in [2.05, 4.69) is 21.2 Å². The second-order valence-corrected chi connectivity index (χ2v) is 7.02. The van der Waals surface area contributed by atoms with Crippen LogP contribution < -0.4 is 5.32 Å².